The minimum Gasteiger partial charge on any atom is -0.300 e. The molecule has 0 bridgehead atoms. The predicted molar refractivity (Wildman–Crippen MR) is 81.2 cm³/mol. The van der Waals surface area contributed by atoms with Gasteiger partial charge in [0.2, 0.25) is 0 Å². The lowest BCUT2D eigenvalue weighted by atomic mass is 9.98. The Morgan fingerprint density at radius 1 is 0.842 bits per heavy atom. The van der Waals surface area contributed by atoms with E-state index in [0.29, 0.717) is 0 Å². The molecule has 114 valence electrons. The fourth-order valence-electron chi connectivity index (χ4n) is 2.44. The average Bonchev–Trinajstić information content (AvgIpc) is 2.40. The second-order valence-electron chi connectivity index (χ2n) is 5.79. The third-order valence-corrected chi connectivity index (χ3v) is 3.92. The van der Waals surface area contributed by atoms with Crippen LogP contribution in [0.5, 0.6) is 0 Å². The van der Waals surface area contributed by atoms with Crippen LogP contribution in [0.25, 0.3) is 0 Å². The molecule has 0 aliphatic rings. The highest BCUT2D eigenvalue weighted by Crippen LogP contribution is 2.15. The molecule has 0 radical (unpaired) electrons. The Morgan fingerprint density at radius 2 is 1.26 bits per heavy atom. The van der Waals surface area contributed by atoms with Crippen LogP contribution in [-0.2, 0) is 4.79 Å². The van der Waals surface area contributed by atoms with Gasteiger partial charge in [0.15, 0.2) is 0 Å². The number of carbonyl (C=O) groups is 1. The van der Waals surface area contributed by atoms with Crippen molar-refractivity contribution in [3.63, 3.8) is 0 Å². The van der Waals surface area contributed by atoms with Crippen LogP contribution < -0.4 is 0 Å². The first-order valence-corrected chi connectivity index (χ1v) is 8.28. The third-order valence-electron chi connectivity index (χ3n) is 3.92. The predicted octanol–water partition coefficient (Wildman–Crippen LogP) is 5.86. The molecule has 1 atom stereocenters. The first kappa shape index (κ1) is 18.6. The van der Waals surface area contributed by atoms with Crippen molar-refractivity contribution in [2.24, 2.45) is 5.92 Å². The fourth-order valence-corrected chi connectivity index (χ4v) is 2.44. The number of ketones is 1. The lowest BCUT2D eigenvalue weighted by molar-refractivity contribution is -0.121. The van der Waals surface area contributed by atoms with Crippen molar-refractivity contribution in [3.8, 4) is 0 Å². The van der Waals surface area contributed by atoms with E-state index in [0.717, 1.165) is 19.3 Å². The first-order valence-electron chi connectivity index (χ1n) is 8.28. The summed E-state index contributed by atoms with van der Waals surface area (Å²) in [6, 6.07) is 0. The molecule has 0 N–H and O–H groups in total. The van der Waals surface area contributed by atoms with Gasteiger partial charge in [-0.3, -0.25) is 9.18 Å². The lowest BCUT2D eigenvalue weighted by Crippen LogP contribution is -2.12. The third kappa shape index (κ3) is 12.4. The van der Waals surface area contributed by atoms with E-state index in [1.807, 2.05) is 0 Å². The maximum absolute atomic E-state index is 12.5. The van der Waals surface area contributed by atoms with Crippen molar-refractivity contribution in [1.82, 2.24) is 0 Å². The Bertz CT molecular complexity index is 203. The topological polar surface area (TPSA) is 17.1 Å². The molecule has 0 aliphatic heterocycles. The molecule has 1 unspecified atom stereocenters. The summed E-state index contributed by atoms with van der Waals surface area (Å²) in [6.07, 6.45) is 15.0. The molecule has 0 amide bonds. The zero-order valence-electron chi connectivity index (χ0n) is 13.1. The van der Waals surface area contributed by atoms with E-state index < -0.39 is 6.67 Å². The lowest BCUT2D eigenvalue weighted by Gasteiger charge is -2.08. The Hall–Kier alpha value is -0.400. The van der Waals surface area contributed by atoms with Gasteiger partial charge in [0, 0.05) is 5.92 Å². The maximum Gasteiger partial charge on any atom is 0.135 e. The van der Waals surface area contributed by atoms with Crippen molar-refractivity contribution in [3.05, 3.63) is 0 Å². The molecule has 0 spiro atoms. The first-order chi connectivity index (χ1) is 9.22. The van der Waals surface area contributed by atoms with Crippen LogP contribution in [0, 0.1) is 5.92 Å². The molecule has 0 fully saturated rings. The van der Waals surface area contributed by atoms with Crippen LogP contribution in [0.15, 0.2) is 0 Å². The second-order valence-corrected chi connectivity index (χ2v) is 5.79. The van der Waals surface area contributed by atoms with Gasteiger partial charge in [-0.25, -0.2) is 0 Å². The highest BCUT2D eigenvalue weighted by atomic mass is 19.1. The summed E-state index contributed by atoms with van der Waals surface area (Å²) in [5.41, 5.74) is 0. The molecule has 0 aromatic heterocycles. The normalized spacial score (nSPS) is 12.6. The van der Waals surface area contributed by atoms with Gasteiger partial charge in [0.1, 0.15) is 5.78 Å². The van der Waals surface area contributed by atoms with Gasteiger partial charge in [-0.15, -0.1) is 0 Å². The van der Waals surface area contributed by atoms with Crippen molar-refractivity contribution in [1.29, 1.82) is 0 Å². The van der Waals surface area contributed by atoms with Crippen molar-refractivity contribution < 1.29 is 9.18 Å². The van der Waals surface area contributed by atoms with E-state index in [-0.39, 0.29) is 11.7 Å². The molecule has 1 nitrogen and oxygen atoms in total. The maximum atomic E-state index is 12.5. The van der Waals surface area contributed by atoms with Crippen molar-refractivity contribution in [2.45, 2.75) is 90.9 Å². The van der Waals surface area contributed by atoms with E-state index in [9.17, 15) is 9.18 Å². The summed E-state index contributed by atoms with van der Waals surface area (Å²) in [7, 11) is 0. The number of hydrogen-bond donors (Lipinski definition) is 0. The number of rotatable bonds is 14. The molecule has 19 heavy (non-hydrogen) atoms. The van der Waals surface area contributed by atoms with E-state index in [1.165, 1.54) is 64.7 Å². The molecule has 2 heteroatoms. The molecular weight excluding hydrogens is 239 g/mol. The highest BCUT2D eigenvalue weighted by Gasteiger charge is 2.12. The van der Waals surface area contributed by atoms with Crippen LogP contribution in [-0.4, -0.2) is 12.5 Å². The molecule has 0 aromatic rings. The van der Waals surface area contributed by atoms with Crippen LogP contribution in [0.2, 0.25) is 0 Å². The molecular formula is C17H33FO. The van der Waals surface area contributed by atoms with Crippen molar-refractivity contribution in [2.75, 3.05) is 6.67 Å². The van der Waals surface area contributed by atoms with E-state index >= 15 is 0 Å². The van der Waals surface area contributed by atoms with Crippen LogP contribution >= 0.6 is 0 Å². The zero-order valence-corrected chi connectivity index (χ0v) is 13.1. The fraction of sp³-hybridized carbons (Fsp3) is 0.941. The summed E-state index contributed by atoms with van der Waals surface area (Å²) in [5, 5.41) is 0. The van der Waals surface area contributed by atoms with Gasteiger partial charge in [-0.1, -0.05) is 77.6 Å². The van der Waals surface area contributed by atoms with E-state index in [4.69, 9.17) is 0 Å². The molecule has 0 heterocycles. The number of halogens is 1. The summed E-state index contributed by atoms with van der Waals surface area (Å²) in [6.45, 7) is 3.27. The summed E-state index contributed by atoms with van der Waals surface area (Å²) < 4.78 is 12.5. The highest BCUT2D eigenvalue weighted by molar-refractivity contribution is 5.78. The Balaban J connectivity index is 3.16. The second kappa shape index (κ2) is 14.0. The Kier molecular flexibility index (Phi) is 13.7. The Morgan fingerprint density at radius 3 is 1.63 bits per heavy atom. The number of Topliss-reactive ketones (excluding diaryl/α,β-unsaturated/α-hetero) is 1. The molecule has 0 saturated heterocycles. The number of alkyl halides is 1. The minimum absolute atomic E-state index is 0.00887. The number of carbonyl (C=O) groups excluding carboxylic acids is 1. The average molecular weight is 272 g/mol. The minimum atomic E-state index is -0.479. The van der Waals surface area contributed by atoms with E-state index in [1.54, 1.807) is 0 Å². The van der Waals surface area contributed by atoms with Gasteiger partial charge in [-0.2, -0.15) is 0 Å². The van der Waals surface area contributed by atoms with Crippen LogP contribution in [0.3, 0.4) is 0 Å². The monoisotopic (exact) mass is 272 g/mol. The summed E-state index contributed by atoms with van der Waals surface area (Å²) in [5.74, 6) is -0.326. The SMILES string of the molecule is CCCCCCCCCCCCCC(CF)C(C)=O. The largest absolute Gasteiger partial charge is 0.300 e. The van der Waals surface area contributed by atoms with Gasteiger partial charge in [0.05, 0.1) is 6.67 Å². The van der Waals surface area contributed by atoms with Gasteiger partial charge in [0.25, 0.3) is 0 Å². The zero-order chi connectivity index (χ0) is 14.3. The van der Waals surface area contributed by atoms with Crippen molar-refractivity contribution >= 4 is 5.78 Å². The van der Waals surface area contributed by atoms with E-state index in [2.05, 4.69) is 6.92 Å². The summed E-state index contributed by atoms with van der Waals surface area (Å²) >= 11 is 0. The quantitative estimate of drug-likeness (QED) is 0.362. The van der Waals surface area contributed by atoms with Crippen LogP contribution in [0.4, 0.5) is 4.39 Å². The number of hydrogen-bond acceptors (Lipinski definition) is 1. The smallest absolute Gasteiger partial charge is 0.135 e. The van der Waals surface area contributed by atoms with Gasteiger partial charge < -0.3 is 0 Å². The Labute approximate surface area is 119 Å². The molecule has 0 saturated carbocycles. The van der Waals surface area contributed by atoms with Crippen LogP contribution in [0.1, 0.15) is 90.9 Å². The standard InChI is InChI=1S/C17H33FO/c1-3-4-5-6-7-8-9-10-11-12-13-14-17(15-18)16(2)19/h17H,3-15H2,1-2H3. The molecule has 0 rings (SSSR count). The molecule has 0 aromatic carbocycles. The van der Waals surface area contributed by atoms with Gasteiger partial charge in [-0.05, 0) is 13.3 Å². The summed E-state index contributed by atoms with van der Waals surface area (Å²) in [4.78, 5) is 11.0. The number of unbranched alkanes of at least 4 members (excludes halogenated alkanes) is 10. The molecule has 0 aliphatic carbocycles. The van der Waals surface area contributed by atoms with Gasteiger partial charge >= 0.3 is 0 Å².